The van der Waals surface area contributed by atoms with E-state index < -0.39 is 29.9 Å². The number of carbonyl (C=O) groups is 3. The smallest absolute Gasteiger partial charge is 0.330 e. The van der Waals surface area contributed by atoms with E-state index >= 15 is 0 Å². The number of ether oxygens (including phenoxy) is 1. The summed E-state index contributed by atoms with van der Waals surface area (Å²) in [5.74, 6) is -3.07. The third-order valence-corrected chi connectivity index (χ3v) is 2.63. The molecule has 0 aliphatic carbocycles. The fourth-order valence-corrected chi connectivity index (χ4v) is 1.56. The Balaban J connectivity index is 2.78. The van der Waals surface area contributed by atoms with E-state index in [1.165, 1.54) is 7.11 Å². The molecular formula is C13H16N2O5. The highest BCUT2D eigenvalue weighted by Crippen LogP contribution is 2.04. The van der Waals surface area contributed by atoms with Crippen molar-refractivity contribution >= 4 is 17.8 Å². The van der Waals surface area contributed by atoms with Crippen LogP contribution in [0.1, 0.15) is 5.56 Å². The molecule has 0 aliphatic rings. The molecule has 1 amide bonds. The largest absolute Gasteiger partial charge is 0.480 e. The van der Waals surface area contributed by atoms with E-state index in [1.54, 1.807) is 24.3 Å². The van der Waals surface area contributed by atoms with Gasteiger partial charge in [0.05, 0.1) is 7.11 Å². The summed E-state index contributed by atoms with van der Waals surface area (Å²) >= 11 is 0. The molecule has 0 fully saturated rings. The zero-order chi connectivity index (χ0) is 15.1. The van der Waals surface area contributed by atoms with E-state index in [0.29, 0.717) is 0 Å². The van der Waals surface area contributed by atoms with Crippen molar-refractivity contribution in [3.05, 3.63) is 35.9 Å². The summed E-state index contributed by atoms with van der Waals surface area (Å²) in [6.07, 6.45) is 0.186. The van der Waals surface area contributed by atoms with Gasteiger partial charge < -0.3 is 20.9 Å². The first kappa shape index (κ1) is 15.6. The first-order valence-electron chi connectivity index (χ1n) is 5.86. The van der Waals surface area contributed by atoms with Gasteiger partial charge in [-0.2, -0.15) is 0 Å². The molecule has 0 saturated heterocycles. The highest BCUT2D eigenvalue weighted by Gasteiger charge is 2.27. The van der Waals surface area contributed by atoms with Crippen LogP contribution in [0.4, 0.5) is 0 Å². The predicted molar refractivity (Wildman–Crippen MR) is 69.7 cm³/mol. The SMILES string of the molecule is COC(=O)[C@H](Cc1ccccc1)NC(=O)[C@H](N)C(=O)O. The summed E-state index contributed by atoms with van der Waals surface area (Å²) < 4.78 is 4.58. The topological polar surface area (TPSA) is 119 Å². The molecule has 0 spiro atoms. The first-order chi connectivity index (χ1) is 9.45. The van der Waals surface area contributed by atoms with Crippen molar-refractivity contribution in [3.63, 3.8) is 0 Å². The molecule has 108 valence electrons. The van der Waals surface area contributed by atoms with Gasteiger partial charge in [-0.25, -0.2) is 9.59 Å². The predicted octanol–water partition coefficient (Wildman–Crippen LogP) is -0.701. The van der Waals surface area contributed by atoms with E-state index in [9.17, 15) is 14.4 Å². The van der Waals surface area contributed by atoms with Crippen molar-refractivity contribution in [2.24, 2.45) is 5.73 Å². The summed E-state index contributed by atoms with van der Waals surface area (Å²) in [4.78, 5) is 33.8. The van der Waals surface area contributed by atoms with Crippen molar-refractivity contribution in [2.45, 2.75) is 18.5 Å². The van der Waals surface area contributed by atoms with Crippen LogP contribution in [0.2, 0.25) is 0 Å². The number of amides is 1. The Labute approximate surface area is 115 Å². The van der Waals surface area contributed by atoms with Crippen LogP contribution in [0.15, 0.2) is 30.3 Å². The molecule has 0 aliphatic heterocycles. The van der Waals surface area contributed by atoms with Crippen LogP contribution < -0.4 is 11.1 Å². The van der Waals surface area contributed by atoms with Gasteiger partial charge in [0, 0.05) is 6.42 Å². The van der Waals surface area contributed by atoms with Crippen LogP contribution >= 0.6 is 0 Å². The third-order valence-electron chi connectivity index (χ3n) is 2.63. The van der Waals surface area contributed by atoms with Crippen molar-refractivity contribution in [1.29, 1.82) is 0 Å². The number of aliphatic carboxylic acids is 1. The molecule has 0 unspecified atom stereocenters. The Bertz CT molecular complexity index is 489. The summed E-state index contributed by atoms with van der Waals surface area (Å²) in [7, 11) is 1.18. The molecule has 0 saturated carbocycles. The standard InChI is InChI=1S/C13H16N2O5/c1-20-13(19)9(7-8-5-3-2-4-6-8)15-11(16)10(14)12(17)18/h2-6,9-10H,7,14H2,1H3,(H,15,16)(H,17,18)/t9-,10-/m0/s1. The fourth-order valence-electron chi connectivity index (χ4n) is 1.56. The van der Waals surface area contributed by atoms with Gasteiger partial charge in [-0.05, 0) is 5.56 Å². The summed E-state index contributed by atoms with van der Waals surface area (Å²) in [6, 6.07) is 6.23. The normalized spacial score (nSPS) is 13.1. The lowest BCUT2D eigenvalue weighted by atomic mass is 10.1. The summed E-state index contributed by atoms with van der Waals surface area (Å²) in [5, 5.41) is 10.9. The maximum absolute atomic E-state index is 11.6. The van der Waals surface area contributed by atoms with Gasteiger partial charge in [-0.15, -0.1) is 0 Å². The molecule has 0 heterocycles. The molecule has 4 N–H and O–H groups in total. The fraction of sp³-hybridized carbons (Fsp3) is 0.308. The number of methoxy groups -OCH3 is 1. The number of hydrogen-bond acceptors (Lipinski definition) is 5. The third kappa shape index (κ3) is 4.36. The number of nitrogens with one attached hydrogen (secondary N) is 1. The zero-order valence-corrected chi connectivity index (χ0v) is 10.9. The molecule has 1 aromatic rings. The van der Waals surface area contributed by atoms with Gasteiger partial charge in [0.25, 0.3) is 0 Å². The van der Waals surface area contributed by atoms with Gasteiger partial charge in [0.1, 0.15) is 6.04 Å². The molecule has 0 radical (unpaired) electrons. The maximum Gasteiger partial charge on any atom is 0.330 e. The second kappa shape index (κ2) is 7.25. The lowest BCUT2D eigenvalue weighted by Gasteiger charge is -2.17. The van der Waals surface area contributed by atoms with Crippen molar-refractivity contribution in [2.75, 3.05) is 7.11 Å². The quantitative estimate of drug-likeness (QED) is 0.468. The van der Waals surface area contributed by atoms with E-state index in [0.717, 1.165) is 5.56 Å². The van der Waals surface area contributed by atoms with E-state index in [-0.39, 0.29) is 6.42 Å². The molecule has 20 heavy (non-hydrogen) atoms. The molecule has 1 rings (SSSR count). The molecule has 7 heteroatoms. The van der Waals surface area contributed by atoms with Crippen LogP contribution in [-0.2, 0) is 25.5 Å². The number of carbonyl (C=O) groups excluding carboxylic acids is 2. The average Bonchev–Trinajstić information content (AvgIpc) is 2.45. The Kier molecular flexibility index (Phi) is 5.67. The second-order valence-electron chi connectivity index (χ2n) is 4.09. The number of benzene rings is 1. The van der Waals surface area contributed by atoms with Crippen LogP contribution in [0.5, 0.6) is 0 Å². The van der Waals surface area contributed by atoms with Gasteiger partial charge in [-0.3, -0.25) is 4.79 Å². The number of hydrogen-bond donors (Lipinski definition) is 3. The average molecular weight is 280 g/mol. The van der Waals surface area contributed by atoms with E-state index in [1.807, 2.05) is 6.07 Å². The van der Waals surface area contributed by atoms with E-state index in [2.05, 4.69) is 10.1 Å². The van der Waals surface area contributed by atoms with Crippen molar-refractivity contribution < 1.29 is 24.2 Å². The van der Waals surface area contributed by atoms with Crippen LogP contribution in [-0.4, -0.2) is 42.1 Å². The van der Waals surface area contributed by atoms with Crippen LogP contribution in [0, 0.1) is 0 Å². The number of esters is 1. The summed E-state index contributed by atoms with van der Waals surface area (Å²) in [6.45, 7) is 0. The highest BCUT2D eigenvalue weighted by atomic mass is 16.5. The number of carboxylic acid groups (broad SMARTS) is 1. The van der Waals surface area contributed by atoms with E-state index in [4.69, 9.17) is 10.8 Å². The molecule has 0 aromatic heterocycles. The minimum absolute atomic E-state index is 0.186. The monoisotopic (exact) mass is 280 g/mol. The molecular weight excluding hydrogens is 264 g/mol. The van der Waals surface area contributed by atoms with Crippen molar-refractivity contribution in [1.82, 2.24) is 5.32 Å². The second-order valence-corrected chi connectivity index (χ2v) is 4.09. The molecule has 0 bridgehead atoms. The Hall–Kier alpha value is -2.41. The van der Waals surface area contributed by atoms with Gasteiger partial charge >= 0.3 is 11.9 Å². The Morgan fingerprint density at radius 3 is 2.40 bits per heavy atom. The van der Waals surface area contributed by atoms with Crippen LogP contribution in [0.25, 0.3) is 0 Å². The first-order valence-corrected chi connectivity index (χ1v) is 5.86. The lowest BCUT2D eigenvalue weighted by molar-refractivity contribution is -0.148. The highest BCUT2D eigenvalue weighted by molar-refractivity contribution is 6.02. The van der Waals surface area contributed by atoms with Gasteiger partial charge in [-0.1, -0.05) is 30.3 Å². The minimum Gasteiger partial charge on any atom is -0.480 e. The molecule has 7 nitrogen and oxygen atoms in total. The number of carboxylic acids is 1. The van der Waals surface area contributed by atoms with Crippen molar-refractivity contribution in [3.8, 4) is 0 Å². The van der Waals surface area contributed by atoms with Gasteiger partial charge in [0.15, 0.2) is 6.04 Å². The Morgan fingerprint density at radius 2 is 1.90 bits per heavy atom. The summed E-state index contributed by atoms with van der Waals surface area (Å²) in [5.41, 5.74) is 5.98. The number of rotatable bonds is 6. The number of nitrogens with two attached hydrogens (primary N) is 1. The van der Waals surface area contributed by atoms with Gasteiger partial charge in [0.2, 0.25) is 5.91 Å². The zero-order valence-electron chi connectivity index (χ0n) is 10.9. The lowest BCUT2D eigenvalue weighted by Crippen LogP contribution is -2.52. The molecule has 1 aromatic carbocycles. The van der Waals surface area contributed by atoms with Crippen LogP contribution in [0.3, 0.4) is 0 Å². The molecule has 2 atom stereocenters. The Morgan fingerprint density at radius 1 is 1.30 bits per heavy atom. The minimum atomic E-state index is -1.72. The maximum atomic E-state index is 11.6.